The Kier molecular flexibility index (Phi) is 4.50. The van der Waals surface area contributed by atoms with E-state index in [2.05, 4.69) is 4.72 Å². The Labute approximate surface area is 136 Å². The minimum atomic E-state index is -3.54. The highest BCUT2D eigenvalue weighted by molar-refractivity contribution is 7.93. The smallest absolute Gasteiger partial charge is 0.240 e. The highest BCUT2D eigenvalue weighted by atomic mass is 32.2. The summed E-state index contributed by atoms with van der Waals surface area (Å²) in [4.78, 5) is 0.261. The summed E-state index contributed by atoms with van der Waals surface area (Å²) in [6.45, 7) is 2.41. The summed E-state index contributed by atoms with van der Waals surface area (Å²) < 4.78 is 33.2. The number of ether oxygens (including phenoxy) is 1. The van der Waals surface area contributed by atoms with Gasteiger partial charge in [0.1, 0.15) is 12.4 Å². The van der Waals surface area contributed by atoms with Gasteiger partial charge in [0.15, 0.2) is 0 Å². The third-order valence-corrected chi connectivity index (χ3v) is 5.37. The summed E-state index contributed by atoms with van der Waals surface area (Å²) in [5, 5.41) is 0. The molecule has 2 aromatic rings. The van der Waals surface area contributed by atoms with E-state index in [0.29, 0.717) is 12.3 Å². The van der Waals surface area contributed by atoms with Crippen LogP contribution in [0.3, 0.4) is 0 Å². The van der Waals surface area contributed by atoms with E-state index in [9.17, 15) is 8.42 Å². The van der Waals surface area contributed by atoms with Gasteiger partial charge in [0.05, 0.1) is 4.91 Å². The van der Waals surface area contributed by atoms with Gasteiger partial charge in [0.2, 0.25) is 10.0 Å². The van der Waals surface area contributed by atoms with E-state index >= 15 is 0 Å². The van der Waals surface area contributed by atoms with Crippen molar-refractivity contribution in [3.8, 4) is 5.75 Å². The van der Waals surface area contributed by atoms with Crippen LogP contribution in [0, 0.1) is 0 Å². The molecule has 4 nitrogen and oxygen atoms in total. The van der Waals surface area contributed by atoms with Crippen LogP contribution in [0.2, 0.25) is 0 Å². The predicted molar refractivity (Wildman–Crippen MR) is 91.7 cm³/mol. The van der Waals surface area contributed by atoms with Crippen LogP contribution < -0.4 is 9.46 Å². The van der Waals surface area contributed by atoms with Gasteiger partial charge in [0, 0.05) is 12.1 Å². The van der Waals surface area contributed by atoms with Crippen LogP contribution in [0.4, 0.5) is 0 Å². The molecule has 1 aliphatic heterocycles. The van der Waals surface area contributed by atoms with E-state index in [0.717, 1.165) is 11.1 Å². The third kappa shape index (κ3) is 3.63. The minimum absolute atomic E-state index is 0.0616. The van der Waals surface area contributed by atoms with Crippen LogP contribution >= 0.6 is 0 Å². The molecule has 120 valence electrons. The molecule has 0 saturated heterocycles. The number of sulfonamides is 1. The fraction of sp³-hybridized carbons (Fsp3) is 0.222. The highest BCUT2D eigenvalue weighted by Crippen LogP contribution is 2.27. The van der Waals surface area contributed by atoms with E-state index in [1.54, 1.807) is 6.08 Å². The number of rotatable bonds is 5. The van der Waals surface area contributed by atoms with Crippen molar-refractivity contribution in [3.63, 3.8) is 0 Å². The summed E-state index contributed by atoms with van der Waals surface area (Å²) in [6, 6.07) is 17.3. The molecule has 0 spiro atoms. The summed E-state index contributed by atoms with van der Waals surface area (Å²) in [6.07, 6.45) is 1.67. The first kappa shape index (κ1) is 15.8. The van der Waals surface area contributed by atoms with Crippen molar-refractivity contribution in [3.05, 3.63) is 70.6 Å². The molecule has 1 heterocycles. The Morgan fingerprint density at radius 3 is 2.57 bits per heavy atom. The fourth-order valence-electron chi connectivity index (χ4n) is 2.48. The number of benzene rings is 2. The molecule has 0 saturated carbocycles. The lowest BCUT2D eigenvalue weighted by Gasteiger charge is -2.19. The summed E-state index contributed by atoms with van der Waals surface area (Å²) in [5.41, 5.74) is 1.89. The van der Waals surface area contributed by atoms with Gasteiger partial charge in [-0.25, -0.2) is 13.1 Å². The van der Waals surface area contributed by atoms with Crippen molar-refractivity contribution in [2.75, 3.05) is 13.2 Å². The van der Waals surface area contributed by atoms with E-state index in [1.165, 1.54) is 0 Å². The predicted octanol–water partition coefficient (Wildman–Crippen LogP) is 3.14. The lowest BCUT2D eigenvalue weighted by molar-refractivity contribution is 0.353. The molecule has 2 aromatic carbocycles. The number of fused-ring (bicyclic) bond motifs is 1. The maximum absolute atomic E-state index is 12.5. The zero-order chi connectivity index (χ0) is 16.3. The van der Waals surface area contributed by atoms with Crippen molar-refractivity contribution in [1.29, 1.82) is 0 Å². The number of hydrogen-bond donors (Lipinski definition) is 1. The van der Waals surface area contributed by atoms with Crippen molar-refractivity contribution in [2.24, 2.45) is 0 Å². The van der Waals surface area contributed by atoms with Crippen LogP contribution in [0.1, 0.15) is 24.0 Å². The minimum Gasteiger partial charge on any atom is -0.487 e. The Morgan fingerprint density at radius 1 is 1.09 bits per heavy atom. The maximum atomic E-state index is 12.5. The van der Waals surface area contributed by atoms with E-state index < -0.39 is 10.0 Å². The van der Waals surface area contributed by atoms with Crippen molar-refractivity contribution in [1.82, 2.24) is 4.72 Å². The van der Waals surface area contributed by atoms with Crippen LogP contribution in [-0.4, -0.2) is 21.6 Å². The first-order chi connectivity index (χ1) is 11.1. The van der Waals surface area contributed by atoms with Crippen molar-refractivity contribution < 1.29 is 13.2 Å². The van der Waals surface area contributed by atoms with E-state index in [-0.39, 0.29) is 17.4 Å². The Bertz CT molecular complexity index is 813. The quantitative estimate of drug-likeness (QED) is 0.917. The zero-order valence-corrected chi connectivity index (χ0v) is 13.7. The average molecular weight is 329 g/mol. The Morgan fingerprint density at radius 2 is 1.78 bits per heavy atom. The van der Waals surface area contributed by atoms with Crippen LogP contribution in [0.25, 0.3) is 6.08 Å². The van der Waals surface area contributed by atoms with Gasteiger partial charge in [0.25, 0.3) is 0 Å². The standard InChI is InChI=1S/C18H19NO3S/c1-14(15-7-3-2-4-8-15)12-19-23(20,21)17-11-16-9-5-6-10-18(16)22-13-17/h2-11,14,19H,12-13H2,1H3/t14-/m0/s1. The molecule has 0 fully saturated rings. The number of para-hydroxylation sites is 1. The lowest BCUT2D eigenvalue weighted by atomic mass is 10.0. The van der Waals surface area contributed by atoms with Gasteiger partial charge < -0.3 is 4.74 Å². The van der Waals surface area contributed by atoms with E-state index in [4.69, 9.17) is 4.74 Å². The summed E-state index contributed by atoms with van der Waals surface area (Å²) >= 11 is 0. The first-order valence-corrected chi connectivity index (χ1v) is 9.01. The molecule has 0 radical (unpaired) electrons. The molecule has 0 aliphatic carbocycles. The second-order valence-electron chi connectivity index (χ2n) is 5.60. The molecule has 0 amide bonds. The molecule has 0 bridgehead atoms. The molecule has 3 rings (SSSR count). The average Bonchev–Trinajstić information content (AvgIpc) is 2.60. The SMILES string of the molecule is C[C@@H](CNS(=O)(=O)C1=Cc2ccccc2OC1)c1ccccc1. The normalized spacial score (nSPS) is 15.3. The molecule has 5 heteroatoms. The third-order valence-electron chi connectivity index (χ3n) is 3.90. The Hall–Kier alpha value is -2.11. The Balaban J connectivity index is 1.72. The first-order valence-electron chi connectivity index (χ1n) is 7.53. The molecule has 1 N–H and O–H groups in total. The lowest BCUT2D eigenvalue weighted by Crippen LogP contribution is -2.31. The second kappa shape index (κ2) is 6.56. The highest BCUT2D eigenvalue weighted by Gasteiger charge is 2.23. The maximum Gasteiger partial charge on any atom is 0.240 e. The summed E-state index contributed by atoms with van der Waals surface area (Å²) in [7, 11) is -3.54. The monoisotopic (exact) mass is 329 g/mol. The zero-order valence-electron chi connectivity index (χ0n) is 12.9. The fourth-order valence-corrected chi connectivity index (χ4v) is 3.63. The van der Waals surface area contributed by atoms with Gasteiger partial charge in [-0.2, -0.15) is 0 Å². The largest absolute Gasteiger partial charge is 0.487 e. The topological polar surface area (TPSA) is 55.4 Å². The van der Waals surface area contributed by atoms with Gasteiger partial charge in [-0.05, 0) is 23.6 Å². The molecule has 1 aliphatic rings. The van der Waals surface area contributed by atoms with Gasteiger partial charge in [-0.3, -0.25) is 0 Å². The number of hydrogen-bond acceptors (Lipinski definition) is 3. The van der Waals surface area contributed by atoms with Gasteiger partial charge in [-0.15, -0.1) is 0 Å². The van der Waals surface area contributed by atoms with Gasteiger partial charge in [-0.1, -0.05) is 55.5 Å². The molecule has 23 heavy (non-hydrogen) atoms. The molecular weight excluding hydrogens is 310 g/mol. The molecule has 0 unspecified atom stereocenters. The van der Waals surface area contributed by atoms with Gasteiger partial charge >= 0.3 is 0 Å². The molecule has 1 atom stereocenters. The van der Waals surface area contributed by atoms with Crippen molar-refractivity contribution >= 4 is 16.1 Å². The van der Waals surface area contributed by atoms with Crippen LogP contribution in [0.15, 0.2) is 59.5 Å². The number of nitrogens with one attached hydrogen (secondary N) is 1. The van der Waals surface area contributed by atoms with Crippen LogP contribution in [0.5, 0.6) is 5.75 Å². The van der Waals surface area contributed by atoms with Crippen LogP contribution in [-0.2, 0) is 10.0 Å². The van der Waals surface area contributed by atoms with E-state index in [1.807, 2.05) is 61.5 Å². The summed E-state index contributed by atoms with van der Waals surface area (Å²) in [5.74, 6) is 0.812. The molecular formula is C18H19NO3S. The second-order valence-corrected chi connectivity index (χ2v) is 7.42. The van der Waals surface area contributed by atoms with Crippen molar-refractivity contribution in [2.45, 2.75) is 12.8 Å². The molecule has 0 aromatic heterocycles.